The number of rotatable bonds is 4. The maximum absolute atomic E-state index is 12.2. The fraction of sp³-hybridized carbons (Fsp3) is 0.150. The fourth-order valence-corrected chi connectivity index (χ4v) is 3.49. The molecule has 1 atom stereocenters. The van der Waals surface area contributed by atoms with E-state index in [0.29, 0.717) is 33.8 Å². The summed E-state index contributed by atoms with van der Waals surface area (Å²) in [6.45, 7) is 1.80. The number of para-hydroxylation sites is 1. The minimum absolute atomic E-state index is 0.422. The number of benzene rings is 2. The van der Waals surface area contributed by atoms with E-state index >= 15 is 0 Å². The molecule has 3 N–H and O–H groups in total. The van der Waals surface area contributed by atoms with Gasteiger partial charge < -0.3 is 15.8 Å². The van der Waals surface area contributed by atoms with Gasteiger partial charge >= 0.3 is 0 Å². The highest BCUT2D eigenvalue weighted by Crippen LogP contribution is 2.37. The molecule has 28 heavy (non-hydrogen) atoms. The standard InChI is InChI=1S/C20H18ClN5O2/c1-11-16(18(22)27)17(12-7-9-13(21)10-8-12)26-20(23-11)24-19(25-26)14-5-3-4-6-15(14)28-2/h3-10,17H,1-2H3,(H2,22,27)(H,23,24,25)/t17-/m0/s1. The second kappa shape index (κ2) is 7.01. The van der Waals surface area contributed by atoms with Crippen LogP contribution in [0.5, 0.6) is 5.75 Å². The molecule has 8 heteroatoms. The first-order chi connectivity index (χ1) is 13.5. The van der Waals surface area contributed by atoms with Crippen molar-refractivity contribution < 1.29 is 9.53 Å². The van der Waals surface area contributed by atoms with Gasteiger partial charge in [0.25, 0.3) is 0 Å². The zero-order chi connectivity index (χ0) is 19.8. The summed E-state index contributed by atoms with van der Waals surface area (Å²) in [6, 6.07) is 14.2. The van der Waals surface area contributed by atoms with Crippen LogP contribution in [0.4, 0.5) is 5.95 Å². The van der Waals surface area contributed by atoms with Crippen LogP contribution in [-0.2, 0) is 4.79 Å². The fourth-order valence-electron chi connectivity index (χ4n) is 3.37. The number of aromatic nitrogens is 3. The summed E-state index contributed by atoms with van der Waals surface area (Å²) in [6.07, 6.45) is 0. The van der Waals surface area contributed by atoms with Gasteiger partial charge in [0.2, 0.25) is 11.9 Å². The maximum Gasteiger partial charge on any atom is 0.248 e. The molecule has 0 saturated carbocycles. The molecule has 0 unspecified atom stereocenters. The molecule has 1 aliphatic rings. The first kappa shape index (κ1) is 18.1. The van der Waals surface area contributed by atoms with Crippen LogP contribution >= 0.6 is 11.6 Å². The molecule has 0 bridgehead atoms. The van der Waals surface area contributed by atoms with Gasteiger partial charge in [-0.1, -0.05) is 35.9 Å². The first-order valence-electron chi connectivity index (χ1n) is 8.62. The summed E-state index contributed by atoms with van der Waals surface area (Å²) in [5.41, 5.74) is 8.33. The molecule has 7 nitrogen and oxygen atoms in total. The summed E-state index contributed by atoms with van der Waals surface area (Å²) in [5.74, 6) is 1.14. The molecule has 0 radical (unpaired) electrons. The average Bonchev–Trinajstić information content (AvgIpc) is 3.10. The van der Waals surface area contributed by atoms with Gasteiger partial charge in [0, 0.05) is 10.7 Å². The highest BCUT2D eigenvalue weighted by Gasteiger charge is 2.33. The third-order valence-electron chi connectivity index (χ3n) is 4.65. The third-order valence-corrected chi connectivity index (χ3v) is 4.90. The molecule has 1 aliphatic heterocycles. The summed E-state index contributed by atoms with van der Waals surface area (Å²) in [7, 11) is 1.60. The summed E-state index contributed by atoms with van der Waals surface area (Å²) >= 11 is 6.03. The van der Waals surface area contributed by atoms with Gasteiger partial charge in [-0.2, -0.15) is 4.98 Å². The molecule has 2 aromatic carbocycles. The molecular formula is C20H18ClN5O2. The van der Waals surface area contributed by atoms with E-state index in [9.17, 15) is 4.79 Å². The van der Waals surface area contributed by atoms with E-state index in [1.807, 2.05) is 36.4 Å². The molecule has 142 valence electrons. The number of nitrogens with two attached hydrogens (primary N) is 1. The van der Waals surface area contributed by atoms with Crippen LogP contribution < -0.4 is 15.8 Å². The monoisotopic (exact) mass is 395 g/mol. The van der Waals surface area contributed by atoms with Gasteiger partial charge in [0.05, 0.1) is 18.2 Å². The van der Waals surface area contributed by atoms with E-state index in [2.05, 4.69) is 15.4 Å². The van der Waals surface area contributed by atoms with E-state index < -0.39 is 11.9 Å². The molecule has 1 amide bonds. The lowest BCUT2D eigenvalue weighted by atomic mass is 9.95. The number of nitrogens with one attached hydrogen (secondary N) is 1. The number of carbonyl (C=O) groups excluding carboxylic acids is 1. The van der Waals surface area contributed by atoms with Crippen molar-refractivity contribution >= 4 is 23.5 Å². The quantitative estimate of drug-likeness (QED) is 0.706. The molecule has 0 aliphatic carbocycles. The Labute approximate surface area is 166 Å². The lowest BCUT2D eigenvalue weighted by Crippen LogP contribution is -2.31. The number of hydrogen-bond donors (Lipinski definition) is 2. The Morgan fingerprint density at radius 1 is 1.21 bits per heavy atom. The van der Waals surface area contributed by atoms with Gasteiger partial charge in [0.1, 0.15) is 11.8 Å². The molecule has 3 aromatic rings. The number of halogens is 1. The Bertz CT molecular complexity index is 1090. The van der Waals surface area contributed by atoms with E-state index in [-0.39, 0.29) is 0 Å². The number of nitrogens with zero attached hydrogens (tertiary/aromatic N) is 3. The van der Waals surface area contributed by atoms with Gasteiger partial charge in [0.15, 0.2) is 5.82 Å². The second-order valence-corrected chi connectivity index (χ2v) is 6.82. The molecule has 0 spiro atoms. The van der Waals surface area contributed by atoms with Crippen LogP contribution in [0.25, 0.3) is 11.4 Å². The predicted octanol–water partition coefficient (Wildman–Crippen LogP) is 3.38. The molecule has 0 saturated heterocycles. The number of amides is 1. The van der Waals surface area contributed by atoms with E-state index in [1.165, 1.54) is 0 Å². The van der Waals surface area contributed by atoms with Crippen molar-refractivity contribution in [2.24, 2.45) is 5.73 Å². The maximum atomic E-state index is 12.2. The van der Waals surface area contributed by atoms with E-state index in [4.69, 9.17) is 22.1 Å². The van der Waals surface area contributed by atoms with Crippen molar-refractivity contribution in [2.75, 3.05) is 12.4 Å². The zero-order valence-corrected chi connectivity index (χ0v) is 16.1. The van der Waals surface area contributed by atoms with Crippen LogP contribution in [0.1, 0.15) is 18.5 Å². The van der Waals surface area contributed by atoms with Crippen LogP contribution in [-0.4, -0.2) is 27.8 Å². The minimum atomic E-state index is -0.523. The first-order valence-corrected chi connectivity index (χ1v) is 9.00. The zero-order valence-electron chi connectivity index (χ0n) is 15.3. The van der Waals surface area contributed by atoms with Gasteiger partial charge in [-0.15, -0.1) is 5.10 Å². The van der Waals surface area contributed by atoms with Crippen molar-refractivity contribution in [2.45, 2.75) is 13.0 Å². The summed E-state index contributed by atoms with van der Waals surface area (Å²) in [5, 5.41) is 8.40. The van der Waals surface area contributed by atoms with Gasteiger partial charge in [-0.05, 0) is 36.8 Å². The Hall–Kier alpha value is -3.32. The number of primary amides is 1. The van der Waals surface area contributed by atoms with Crippen LogP contribution in [0.2, 0.25) is 5.02 Å². The highest BCUT2D eigenvalue weighted by molar-refractivity contribution is 6.30. The topological polar surface area (TPSA) is 95.1 Å². The van der Waals surface area contributed by atoms with Gasteiger partial charge in [-0.3, -0.25) is 4.79 Å². The smallest absolute Gasteiger partial charge is 0.248 e. The average molecular weight is 396 g/mol. The summed E-state index contributed by atoms with van der Waals surface area (Å²) in [4.78, 5) is 16.8. The van der Waals surface area contributed by atoms with Crippen LogP contribution in [0.3, 0.4) is 0 Å². The number of ether oxygens (including phenoxy) is 1. The van der Waals surface area contributed by atoms with Crippen molar-refractivity contribution in [3.63, 3.8) is 0 Å². The van der Waals surface area contributed by atoms with Gasteiger partial charge in [-0.25, -0.2) is 4.68 Å². The third kappa shape index (κ3) is 2.99. The van der Waals surface area contributed by atoms with E-state index in [0.717, 1.165) is 11.1 Å². The number of carbonyl (C=O) groups is 1. The van der Waals surface area contributed by atoms with Crippen molar-refractivity contribution in [3.8, 4) is 17.1 Å². The number of fused-ring (bicyclic) bond motifs is 1. The Balaban J connectivity index is 1.89. The van der Waals surface area contributed by atoms with E-state index in [1.54, 1.807) is 30.8 Å². The minimum Gasteiger partial charge on any atom is -0.496 e. The van der Waals surface area contributed by atoms with Crippen molar-refractivity contribution in [1.82, 2.24) is 14.8 Å². The number of anilines is 1. The van der Waals surface area contributed by atoms with Crippen LogP contribution in [0.15, 0.2) is 59.8 Å². The molecular weight excluding hydrogens is 378 g/mol. The largest absolute Gasteiger partial charge is 0.496 e. The number of hydrogen-bond acceptors (Lipinski definition) is 5. The second-order valence-electron chi connectivity index (χ2n) is 6.39. The Kier molecular flexibility index (Phi) is 4.52. The highest BCUT2D eigenvalue weighted by atomic mass is 35.5. The van der Waals surface area contributed by atoms with Crippen LogP contribution in [0, 0.1) is 0 Å². The lowest BCUT2D eigenvalue weighted by molar-refractivity contribution is -0.115. The molecule has 4 rings (SSSR count). The lowest BCUT2D eigenvalue weighted by Gasteiger charge is -2.27. The SMILES string of the molecule is COc1ccccc1-c1nc2n(n1)[C@@H](c1ccc(Cl)cc1)C(C(N)=O)=C(C)N2. The normalized spacial score (nSPS) is 15.8. The summed E-state index contributed by atoms with van der Waals surface area (Å²) < 4.78 is 7.09. The predicted molar refractivity (Wildman–Crippen MR) is 107 cm³/mol. The molecule has 0 fully saturated rings. The number of allylic oxidation sites excluding steroid dienone is 1. The molecule has 2 heterocycles. The van der Waals surface area contributed by atoms with Crippen molar-refractivity contribution in [1.29, 1.82) is 0 Å². The van der Waals surface area contributed by atoms with Crippen molar-refractivity contribution in [3.05, 3.63) is 70.4 Å². The Morgan fingerprint density at radius 3 is 2.61 bits per heavy atom. The molecule has 1 aromatic heterocycles. The Morgan fingerprint density at radius 2 is 1.93 bits per heavy atom. The number of methoxy groups -OCH3 is 1.